The summed E-state index contributed by atoms with van der Waals surface area (Å²) in [5, 5.41) is 0. The lowest BCUT2D eigenvalue weighted by atomic mass is 10.2. The van der Waals surface area contributed by atoms with Gasteiger partial charge in [-0.1, -0.05) is 13.0 Å². The van der Waals surface area contributed by atoms with Crippen LogP contribution in [0.4, 0.5) is 0 Å². The maximum absolute atomic E-state index is 4.83. The van der Waals surface area contributed by atoms with Gasteiger partial charge in [0.15, 0.2) is 0 Å². The van der Waals surface area contributed by atoms with Crippen LogP contribution in [0.3, 0.4) is 0 Å². The molecule has 0 saturated heterocycles. The fourth-order valence-corrected chi connectivity index (χ4v) is 2.54. The monoisotopic (exact) mass is 265 g/mol. The van der Waals surface area contributed by atoms with Crippen LogP contribution in [-0.2, 0) is 0 Å². The van der Waals surface area contributed by atoms with Crippen molar-refractivity contribution in [3.8, 4) is 11.4 Å². The zero-order valence-electron chi connectivity index (χ0n) is 12.2. The molecule has 0 amide bonds. The smallest absolute Gasteiger partial charge is 0.141 e. The Balaban J connectivity index is 2.31. The van der Waals surface area contributed by atoms with Crippen LogP contribution in [0.5, 0.6) is 0 Å². The Labute approximate surface area is 119 Å². The lowest BCUT2D eigenvalue weighted by Gasteiger charge is -2.16. The first kappa shape index (κ1) is 12.9. The van der Waals surface area contributed by atoms with E-state index in [2.05, 4.69) is 48.5 Å². The van der Waals surface area contributed by atoms with Crippen molar-refractivity contribution in [2.45, 2.75) is 33.2 Å². The van der Waals surface area contributed by atoms with Crippen LogP contribution in [0.1, 0.15) is 31.9 Å². The molecule has 20 heavy (non-hydrogen) atoms. The fourth-order valence-electron chi connectivity index (χ4n) is 2.54. The molecule has 3 aromatic rings. The third kappa shape index (κ3) is 2.09. The molecule has 0 aliphatic rings. The molecule has 0 fully saturated rings. The summed E-state index contributed by atoms with van der Waals surface area (Å²) in [4.78, 5) is 8.92. The number of benzene rings is 1. The molecule has 3 rings (SSSR count). The molecule has 3 nitrogen and oxygen atoms in total. The maximum Gasteiger partial charge on any atom is 0.141 e. The van der Waals surface area contributed by atoms with Crippen LogP contribution in [0.25, 0.3) is 22.4 Å². The molecule has 2 heterocycles. The second-order valence-corrected chi connectivity index (χ2v) is 5.29. The van der Waals surface area contributed by atoms with Gasteiger partial charge in [0.25, 0.3) is 0 Å². The molecule has 2 aromatic heterocycles. The number of imidazole rings is 1. The molecular formula is C17H19N3. The number of aryl methyl sites for hydroxylation is 1. The Bertz CT molecular complexity index is 729. The molecule has 0 saturated carbocycles. The Morgan fingerprint density at radius 3 is 2.60 bits per heavy atom. The number of pyridine rings is 1. The number of nitrogens with zero attached hydrogens (tertiary/aromatic N) is 3. The molecular weight excluding hydrogens is 246 g/mol. The van der Waals surface area contributed by atoms with Gasteiger partial charge in [0.2, 0.25) is 0 Å². The third-order valence-electron chi connectivity index (χ3n) is 3.82. The van der Waals surface area contributed by atoms with E-state index in [0.29, 0.717) is 6.04 Å². The van der Waals surface area contributed by atoms with Gasteiger partial charge >= 0.3 is 0 Å². The predicted octanol–water partition coefficient (Wildman–Crippen LogP) is 4.38. The molecule has 0 N–H and O–H groups in total. The molecule has 1 atom stereocenters. The zero-order valence-corrected chi connectivity index (χ0v) is 12.2. The summed E-state index contributed by atoms with van der Waals surface area (Å²) >= 11 is 0. The second kappa shape index (κ2) is 5.08. The van der Waals surface area contributed by atoms with Gasteiger partial charge in [0.05, 0.1) is 11.0 Å². The topological polar surface area (TPSA) is 30.7 Å². The summed E-state index contributed by atoms with van der Waals surface area (Å²) in [6.07, 6.45) is 4.72. The Kier molecular flexibility index (Phi) is 3.26. The minimum Gasteiger partial charge on any atom is -0.321 e. The summed E-state index contributed by atoms with van der Waals surface area (Å²) in [5.41, 5.74) is 4.66. The minimum absolute atomic E-state index is 0.421. The van der Waals surface area contributed by atoms with Crippen LogP contribution in [0.2, 0.25) is 0 Å². The minimum atomic E-state index is 0.421. The molecule has 102 valence electrons. The average molecular weight is 265 g/mol. The second-order valence-electron chi connectivity index (χ2n) is 5.29. The highest BCUT2D eigenvalue weighted by atomic mass is 15.1. The first-order valence-electron chi connectivity index (χ1n) is 7.09. The molecule has 1 unspecified atom stereocenters. The van der Waals surface area contributed by atoms with Gasteiger partial charge in [-0.15, -0.1) is 0 Å². The molecule has 0 spiro atoms. The first-order chi connectivity index (χ1) is 9.70. The highest BCUT2D eigenvalue weighted by Crippen LogP contribution is 2.29. The third-order valence-corrected chi connectivity index (χ3v) is 3.82. The Morgan fingerprint density at radius 1 is 1.15 bits per heavy atom. The van der Waals surface area contributed by atoms with Gasteiger partial charge < -0.3 is 4.57 Å². The van der Waals surface area contributed by atoms with E-state index in [1.54, 1.807) is 0 Å². The number of hydrogen-bond acceptors (Lipinski definition) is 2. The van der Waals surface area contributed by atoms with Gasteiger partial charge in [-0.25, -0.2) is 4.98 Å². The quantitative estimate of drug-likeness (QED) is 0.703. The van der Waals surface area contributed by atoms with Crippen LogP contribution in [0, 0.1) is 6.92 Å². The predicted molar refractivity (Wildman–Crippen MR) is 82.7 cm³/mol. The van der Waals surface area contributed by atoms with Crippen molar-refractivity contribution in [1.82, 2.24) is 14.5 Å². The lowest BCUT2D eigenvalue weighted by Crippen LogP contribution is -2.05. The van der Waals surface area contributed by atoms with Crippen LogP contribution in [-0.4, -0.2) is 14.5 Å². The van der Waals surface area contributed by atoms with E-state index in [4.69, 9.17) is 4.98 Å². The summed E-state index contributed by atoms with van der Waals surface area (Å²) in [7, 11) is 0. The van der Waals surface area contributed by atoms with Gasteiger partial charge in [0, 0.05) is 24.0 Å². The van der Waals surface area contributed by atoms with Crippen molar-refractivity contribution in [3.63, 3.8) is 0 Å². The van der Waals surface area contributed by atoms with Crippen molar-refractivity contribution >= 4 is 11.0 Å². The van der Waals surface area contributed by atoms with E-state index in [1.807, 2.05) is 24.5 Å². The SMILES string of the molecule is CCC(C)n1c(-c2ccncc2)nc2ccc(C)cc21. The summed E-state index contributed by atoms with van der Waals surface area (Å²) in [6.45, 7) is 6.58. The van der Waals surface area contributed by atoms with Gasteiger partial charge in [-0.05, 0) is 50.1 Å². The van der Waals surface area contributed by atoms with E-state index in [0.717, 1.165) is 23.3 Å². The fraction of sp³-hybridized carbons (Fsp3) is 0.294. The summed E-state index contributed by atoms with van der Waals surface area (Å²) in [5.74, 6) is 1.03. The lowest BCUT2D eigenvalue weighted by molar-refractivity contribution is 0.550. The standard InChI is InChI=1S/C17H19N3/c1-4-13(3)20-16-11-12(2)5-6-15(16)19-17(20)14-7-9-18-10-8-14/h5-11,13H,4H2,1-3H3. The molecule has 0 bridgehead atoms. The highest BCUT2D eigenvalue weighted by molar-refractivity contribution is 5.81. The average Bonchev–Trinajstić information content (AvgIpc) is 2.86. The number of rotatable bonds is 3. The van der Waals surface area contributed by atoms with E-state index in [-0.39, 0.29) is 0 Å². The van der Waals surface area contributed by atoms with Crippen LogP contribution in [0.15, 0.2) is 42.7 Å². The normalized spacial score (nSPS) is 12.8. The van der Waals surface area contributed by atoms with E-state index < -0.39 is 0 Å². The highest BCUT2D eigenvalue weighted by Gasteiger charge is 2.16. The van der Waals surface area contributed by atoms with Crippen molar-refractivity contribution in [2.75, 3.05) is 0 Å². The Morgan fingerprint density at radius 2 is 1.90 bits per heavy atom. The van der Waals surface area contributed by atoms with Crippen LogP contribution < -0.4 is 0 Å². The van der Waals surface area contributed by atoms with Crippen molar-refractivity contribution in [2.24, 2.45) is 0 Å². The summed E-state index contributed by atoms with van der Waals surface area (Å²) < 4.78 is 2.34. The molecule has 0 radical (unpaired) electrons. The van der Waals surface area contributed by atoms with Gasteiger partial charge in [0.1, 0.15) is 5.82 Å². The number of hydrogen-bond donors (Lipinski definition) is 0. The van der Waals surface area contributed by atoms with Crippen molar-refractivity contribution in [1.29, 1.82) is 0 Å². The van der Waals surface area contributed by atoms with E-state index in [1.165, 1.54) is 11.1 Å². The molecule has 3 heteroatoms. The van der Waals surface area contributed by atoms with Gasteiger partial charge in [-0.2, -0.15) is 0 Å². The number of aromatic nitrogens is 3. The van der Waals surface area contributed by atoms with Crippen molar-refractivity contribution in [3.05, 3.63) is 48.3 Å². The Hall–Kier alpha value is -2.16. The number of fused-ring (bicyclic) bond motifs is 1. The largest absolute Gasteiger partial charge is 0.321 e. The molecule has 0 aliphatic carbocycles. The molecule has 0 aliphatic heterocycles. The zero-order chi connectivity index (χ0) is 14.1. The van der Waals surface area contributed by atoms with E-state index >= 15 is 0 Å². The maximum atomic E-state index is 4.83. The van der Waals surface area contributed by atoms with E-state index in [9.17, 15) is 0 Å². The van der Waals surface area contributed by atoms with Crippen molar-refractivity contribution < 1.29 is 0 Å². The molecule has 1 aromatic carbocycles. The van der Waals surface area contributed by atoms with Gasteiger partial charge in [-0.3, -0.25) is 4.98 Å². The first-order valence-corrected chi connectivity index (χ1v) is 7.09. The summed E-state index contributed by atoms with van der Waals surface area (Å²) in [6, 6.07) is 10.9. The van der Waals surface area contributed by atoms with Crippen LogP contribution >= 0.6 is 0 Å².